The van der Waals surface area contributed by atoms with Crippen LogP contribution >= 0.6 is 0 Å². The highest BCUT2D eigenvalue weighted by Gasteiger charge is 2.24. The van der Waals surface area contributed by atoms with Crippen LogP contribution in [-0.2, 0) is 14.3 Å². The molecule has 1 amide bonds. The summed E-state index contributed by atoms with van der Waals surface area (Å²) in [5.41, 5.74) is 0. The minimum absolute atomic E-state index is 0.0610. The van der Waals surface area contributed by atoms with E-state index in [2.05, 4.69) is 74.7 Å². The van der Waals surface area contributed by atoms with Crippen molar-refractivity contribution in [1.29, 1.82) is 0 Å². The smallest absolute Gasteiger partial charge is 0.306 e. The van der Waals surface area contributed by atoms with Crippen LogP contribution in [0.25, 0.3) is 0 Å². The number of allylic oxidation sites excluding steroid dienone is 8. The van der Waals surface area contributed by atoms with E-state index in [1.807, 2.05) is 0 Å². The lowest BCUT2D eigenvalue weighted by Crippen LogP contribution is -2.46. The van der Waals surface area contributed by atoms with E-state index < -0.39 is 18.2 Å². The van der Waals surface area contributed by atoms with Gasteiger partial charge in [-0.15, -0.1) is 0 Å². The van der Waals surface area contributed by atoms with Crippen molar-refractivity contribution in [1.82, 2.24) is 5.32 Å². The van der Waals surface area contributed by atoms with E-state index in [0.717, 1.165) is 89.9 Å². The predicted molar refractivity (Wildman–Crippen MR) is 255 cm³/mol. The fourth-order valence-electron chi connectivity index (χ4n) is 7.51. The lowest BCUT2D eigenvalue weighted by molar-refractivity contribution is -0.151. The Kier molecular flexibility index (Phi) is 45.1. The van der Waals surface area contributed by atoms with Crippen molar-refractivity contribution in [2.24, 2.45) is 0 Å². The first kappa shape index (κ1) is 56.8. The average Bonchev–Trinajstić information content (AvgIpc) is 3.23. The van der Waals surface area contributed by atoms with Gasteiger partial charge >= 0.3 is 5.97 Å². The lowest BCUT2D eigenvalue weighted by Gasteiger charge is -2.24. The van der Waals surface area contributed by atoms with Crippen molar-refractivity contribution in [3.63, 3.8) is 0 Å². The first-order valence-electron chi connectivity index (χ1n) is 25.4. The van der Waals surface area contributed by atoms with E-state index in [4.69, 9.17) is 4.74 Å². The Morgan fingerprint density at radius 3 is 1.42 bits per heavy atom. The number of hydrogen-bond donors (Lipinski definition) is 3. The predicted octanol–water partition coefficient (Wildman–Crippen LogP) is 15.1. The molecule has 0 aromatic carbocycles. The van der Waals surface area contributed by atoms with Crippen molar-refractivity contribution in [3.8, 4) is 0 Å². The Morgan fingerprint density at radius 1 is 0.508 bits per heavy atom. The molecule has 3 atom stereocenters. The number of hydrogen-bond acceptors (Lipinski definition) is 5. The van der Waals surface area contributed by atoms with E-state index in [-0.39, 0.29) is 24.9 Å². The fraction of sp³-hybridized carbons (Fsp3) is 0.811. The number of carbonyl (C=O) groups is 2. The number of nitrogens with one attached hydrogen (secondary N) is 1. The number of aliphatic hydroxyl groups excluding tert-OH is 2. The minimum atomic E-state index is -0.793. The van der Waals surface area contributed by atoms with Crippen molar-refractivity contribution in [3.05, 3.63) is 48.6 Å². The summed E-state index contributed by atoms with van der Waals surface area (Å²) < 4.78 is 5.92. The molecule has 0 aliphatic heterocycles. The molecule has 0 rings (SSSR count). The molecule has 0 saturated carbocycles. The van der Waals surface area contributed by atoms with E-state index in [9.17, 15) is 19.8 Å². The van der Waals surface area contributed by atoms with Crippen LogP contribution in [0.5, 0.6) is 0 Å². The Hall–Kier alpha value is -2.18. The molecule has 344 valence electrons. The summed E-state index contributed by atoms with van der Waals surface area (Å²) in [7, 11) is 0. The molecule has 0 heterocycles. The third kappa shape index (κ3) is 42.3. The average molecular weight is 828 g/mol. The summed E-state index contributed by atoms with van der Waals surface area (Å²) in [5, 5.41) is 23.7. The van der Waals surface area contributed by atoms with Crippen molar-refractivity contribution < 1.29 is 24.5 Å². The second-order valence-corrected chi connectivity index (χ2v) is 17.2. The number of amides is 1. The molecule has 0 aliphatic carbocycles. The van der Waals surface area contributed by atoms with Gasteiger partial charge < -0.3 is 20.3 Å². The summed E-state index contributed by atoms with van der Waals surface area (Å²) in [6.45, 7) is 6.41. The molecular formula is C53H97NO5. The quantitative estimate of drug-likeness (QED) is 0.0246. The molecule has 0 saturated heterocycles. The molecule has 0 radical (unpaired) electrons. The van der Waals surface area contributed by atoms with Crippen LogP contribution in [0, 0.1) is 0 Å². The second-order valence-electron chi connectivity index (χ2n) is 17.2. The van der Waals surface area contributed by atoms with Gasteiger partial charge in [-0.1, -0.05) is 204 Å². The summed E-state index contributed by atoms with van der Waals surface area (Å²) in [5.74, 6) is -0.500. The summed E-state index contributed by atoms with van der Waals surface area (Å²) in [4.78, 5) is 26.1. The number of unbranched alkanes of at least 4 members (excludes halogenated alkanes) is 26. The van der Waals surface area contributed by atoms with Gasteiger partial charge in [0, 0.05) is 6.42 Å². The molecule has 6 heteroatoms. The topological polar surface area (TPSA) is 95.9 Å². The van der Waals surface area contributed by atoms with E-state index in [0.29, 0.717) is 19.3 Å². The van der Waals surface area contributed by atoms with Crippen LogP contribution in [0.3, 0.4) is 0 Å². The van der Waals surface area contributed by atoms with Gasteiger partial charge in [-0.05, 0) is 83.5 Å². The van der Waals surface area contributed by atoms with Gasteiger partial charge in [0.15, 0.2) is 0 Å². The van der Waals surface area contributed by atoms with Crippen molar-refractivity contribution in [2.75, 3.05) is 6.61 Å². The monoisotopic (exact) mass is 828 g/mol. The molecule has 6 nitrogen and oxygen atoms in total. The highest BCUT2D eigenvalue weighted by molar-refractivity contribution is 5.77. The minimum Gasteiger partial charge on any atom is -0.462 e. The molecule has 0 aliphatic rings. The Balaban J connectivity index is 4.60. The van der Waals surface area contributed by atoms with E-state index in [1.165, 1.54) is 116 Å². The second kappa shape index (κ2) is 46.9. The molecule has 0 aromatic rings. The first-order chi connectivity index (χ1) is 29.0. The zero-order chi connectivity index (χ0) is 43.1. The number of esters is 1. The largest absolute Gasteiger partial charge is 0.462 e. The molecular weight excluding hydrogens is 731 g/mol. The summed E-state index contributed by atoms with van der Waals surface area (Å²) in [6.07, 6.45) is 55.9. The SMILES string of the molecule is CCCCC/C=C\C/C=C\CCCCCCCCCC(=O)OC(CCCCCC/C=C/C=C/CCCCC)CC(=O)NC(CO)C(O)CCCCCCCCCCCC. The van der Waals surface area contributed by atoms with Crippen LogP contribution < -0.4 is 5.32 Å². The van der Waals surface area contributed by atoms with Gasteiger partial charge in [-0.2, -0.15) is 0 Å². The highest BCUT2D eigenvalue weighted by atomic mass is 16.5. The van der Waals surface area contributed by atoms with Crippen LogP contribution in [-0.4, -0.2) is 46.9 Å². The van der Waals surface area contributed by atoms with Crippen LogP contribution in [0.15, 0.2) is 48.6 Å². The van der Waals surface area contributed by atoms with Crippen LogP contribution in [0.4, 0.5) is 0 Å². The standard InChI is InChI=1S/C53H97NO5/c1-4-7-10-13-16-19-22-24-25-26-27-29-31-34-37-40-43-46-53(58)59-49(44-41-38-35-32-30-28-23-20-17-14-11-8-5-2)47-52(57)54-50(48-55)51(56)45-42-39-36-33-21-18-15-12-9-6-3/h16-17,19-20,23-25,28,49-51,55-56H,4-15,18,21-22,26-27,29-48H2,1-3H3,(H,54,57)/b19-16-,20-17+,25-24-,28-23+. The lowest BCUT2D eigenvalue weighted by atomic mass is 10.0. The molecule has 0 bridgehead atoms. The van der Waals surface area contributed by atoms with Gasteiger partial charge in [-0.3, -0.25) is 9.59 Å². The summed E-state index contributed by atoms with van der Waals surface area (Å²) in [6, 6.07) is -0.708. The van der Waals surface area contributed by atoms with Gasteiger partial charge in [0.25, 0.3) is 0 Å². The van der Waals surface area contributed by atoms with Crippen LogP contribution in [0.1, 0.15) is 252 Å². The highest BCUT2D eigenvalue weighted by Crippen LogP contribution is 2.17. The Bertz CT molecular complexity index is 1020. The molecule has 59 heavy (non-hydrogen) atoms. The maximum Gasteiger partial charge on any atom is 0.306 e. The molecule has 0 aromatic heterocycles. The number of aliphatic hydroxyl groups is 2. The molecule has 0 fully saturated rings. The van der Waals surface area contributed by atoms with Gasteiger partial charge in [0.2, 0.25) is 5.91 Å². The van der Waals surface area contributed by atoms with E-state index >= 15 is 0 Å². The number of ether oxygens (including phenoxy) is 1. The molecule has 0 spiro atoms. The number of rotatable bonds is 45. The Morgan fingerprint density at radius 2 is 0.915 bits per heavy atom. The molecule has 3 unspecified atom stereocenters. The third-order valence-electron chi connectivity index (χ3n) is 11.4. The normalized spacial score (nSPS) is 13.6. The zero-order valence-corrected chi connectivity index (χ0v) is 39.1. The van der Waals surface area contributed by atoms with E-state index in [1.54, 1.807) is 0 Å². The van der Waals surface area contributed by atoms with Crippen molar-refractivity contribution >= 4 is 11.9 Å². The Labute approximate surface area is 366 Å². The molecule has 3 N–H and O–H groups in total. The van der Waals surface area contributed by atoms with Crippen LogP contribution in [0.2, 0.25) is 0 Å². The van der Waals surface area contributed by atoms with Crippen molar-refractivity contribution in [2.45, 2.75) is 270 Å². The number of carbonyl (C=O) groups excluding carboxylic acids is 2. The maximum absolute atomic E-state index is 13.2. The zero-order valence-electron chi connectivity index (χ0n) is 39.1. The first-order valence-corrected chi connectivity index (χ1v) is 25.4. The van der Waals surface area contributed by atoms with Gasteiger partial charge in [0.05, 0.1) is 25.2 Å². The maximum atomic E-state index is 13.2. The third-order valence-corrected chi connectivity index (χ3v) is 11.4. The van der Waals surface area contributed by atoms with Gasteiger partial charge in [0.1, 0.15) is 6.10 Å². The fourth-order valence-corrected chi connectivity index (χ4v) is 7.51. The van der Waals surface area contributed by atoms with Gasteiger partial charge in [-0.25, -0.2) is 0 Å². The summed E-state index contributed by atoms with van der Waals surface area (Å²) >= 11 is 0.